The van der Waals surface area contributed by atoms with Gasteiger partial charge in [0, 0.05) is 51.0 Å². The Balaban J connectivity index is 2.17. The molecule has 0 fully saturated rings. The summed E-state index contributed by atoms with van der Waals surface area (Å²) >= 11 is 0. The zero-order chi connectivity index (χ0) is 13.4. The van der Waals surface area contributed by atoms with Crippen LogP contribution in [0.4, 0.5) is 0 Å². The summed E-state index contributed by atoms with van der Waals surface area (Å²) in [6.45, 7) is 0. The van der Waals surface area contributed by atoms with Crippen LogP contribution in [0.3, 0.4) is 0 Å². The van der Waals surface area contributed by atoms with Crippen LogP contribution in [0.2, 0.25) is 0 Å². The summed E-state index contributed by atoms with van der Waals surface area (Å²) in [6.07, 6.45) is 7.06. The Morgan fingerprint density at radius 3 is 1.74 bits per heavy atom. The first-order chi connectivity index (χ1) is 9.15. The fraction of sp³-hybridized carbons (Fsp3) is 0.154. The fourth-order valence-corrected chi connectivity index (χ4v) is 1.97. The van der Waals surface area contributed by atoms with E-state index in [0.717, 1.165) is 0 Å². The lowest BCUT2D eigenvalue weighted by atomic mass is 10.2. The van der Waals surface area contributed by atoms with Crippen molar-refractivity contribution < 1.29 is 5.11 Å². The van der Waals surface area contributed by atoms with Crippen LogP contribution in [-0.4, -0.2) is 29.2 Å². The summed E-state index contributed by atoms with van der Waals surface area (Å²) < 4.78 is 3.70. The number of pyridine rings is 1. The molecule has 0 saturated carbocycles. The molecule has 0 spiro atoms. The zero-order valence-corrected chi connectivity index (χ0v) is 10.6. The minimum absolute atomic E-state index is 0.144. The number of hydrogen-bond acceptors (Lipinski definition) is 4. The van der Waals surface area contributed by atoms with Crippen LogP contribution in [0.1, 0.15) is 0 Å². The van der Waals surface area contributed by atoms with Crippen LogP contribution >= 0.6 is 0 Å². The molecular weight excluding hydrogens is 242 g/mol. The molecule has 6 nitrogen and oxygen atoms in total. The SMILES string of the molecule is Cn1ccnc1-c1cc(O)cc(-c2nccn2C)n1. The lowest BCUT2D eigenvalue weighted by Crippen LogP contribution is -1.98. The van der Waals surface area contributed by atoms with Crippen molar-refractivity contribution in [2.75, 3.05) is 0 Å². The normalized spacial score (nSPS) is 10.8. The van der Waals surface area contributed by atoms with Crippen LogP contribution in [0.15, 0.2) is 36.9 Å². The highest BCUT2D eigenvalue weighted by Crippen LogP contribution is 2.25. The van der Waals surface area contributed by atoms with Crippen molar-refractivity contribution in [2.24, 2.45) is 14.1 Å². The Bertz CT molecular complexity index is 670. The van der Waals surface area contributed by atoms with Gasteiger partial charge in [-0.2, -0.15) is 0 Å². The Morgan fingerprint density at radius 1 is 0.895 bits per heavy atom. The van der Waals surface area contributed by atoms with Gasteiger partial charge in [-0.1, -0.05) is 0 Å². The molecule has 0 aliphatic carbocycles. The fourth-order valence-electron chi connectivity index (χ4n) is 1.97. The summed E-state index contributed by atoms with van der Waals surface area (Å²) in [5.74, 6) is 1.55. The Morgan fingerprint density at radius 2 is 1.37 bits per heavy atom. The quantitative estimate of drug-likeness (QED) is 0.755. The van der Waals surface area contributed by atoms with Gasteiger partial charge in [0.15, 0.2) is 11.6 Å². The molecule has 0 atom stereocenters. The molecule has 3 aromatic rings. The van der Waals surface area contributed by atoms with E-state index in [-0.39, 0.29) is 5.75 Å². The second-order valence-corrected chi connectivity index (χ2v) is 4.32. The molecule has 0 aliphatic rings. The van der Waals surface area contributed by atoms with Gasteiger partial charge < -0.3 is 14.2 Å². The van der Waals surface area contributed by atoms with E-state index in [4.69, 9.17) is 0 Å². The van der Waals surface area contributed by atoms with Gasteiger partial charge in [-0.05, 0) is 0 Å². The molecular formula is C13H13N5O. The van der Waals surface area contributed by atoms with Gasteiger partial charge in [-0.25, -0.2) is 15.0 Å². The largest absolute Gasteiger partial charge is 0.508 e. The molecule has 0 amide bonds. The third-order valence-corrected chi connectivity index (χ3v) is 2.91. The lowest BCUT2D eigenvalue weighted by Gasteiger charge is -2.06. The average Bonchev–Trinajstić information content (AvgIpc) is 2.97. The molecule has 0 aromatic carbocycles. The average molecular weight is 255 g/mol. The molecule has 1 N–H and O–H groups in total. The van der Waals surface area contributed by atoms with E-state index in [0.29, 0.717) is 23.0 Å². The third kappa shape index (κ3) is 1.97. The Kier molecular flexibility index (Phi) is 2.56. The number of aryl methyl sites for hydroxylation is 2. The van der Waals surface area contributed by atoms with Gasteiger partial charge in [-0.3, -0.25) is 0 Å². The minimum atomic E-state index is 0.144. The van der Waals surface area contributed by atoms with Crippen molar-refractivity contribution in [3.63, 3.8) is 0 Å². The van der Waals surface area contributed by atoms with Crippen molar-refractivity contribution in [1.29, 1.82) is 0 Å². The van der Waals surface area contributed by atoms with E-state index in [1.54, 1.807) is 24.5 Å². The van der Waals surface area contributed by atoms with Crippen molar-refractivity contribution in [2.45, 2.75) is 0 Å². The zero-order valence-electron chi connectivity index (χ0n) is 10.6. The molecule has 0 unspecified atom stereocenters. The molecule has 0 bridgehead atoms. The molecule has 0 radical (unpaired) electrons. The van der Waals surface area contributed by atoms with E-state index in [1.807, 2.05) is 35.6 Å². The summed E-state index contributed by atoms with van der Waals surface area (Å²) in [6, 6.07) is 3.18. The smallest absolute Gasteiger partial charge is 0.158 e. The first-order valence-electron chi connectivity index (χ1n) is 5.81. The summed E-state index contributed by atoms with van der Waals surface area (Å²) in [4.78, 5) is 13.0. The topological polar surface area (TPSA) is 68.8 Å². The Hall–Kier alpha value is -2.63. The summed E-state index contributed by atoms with van der Waals surface area (Å²) in [5, 5.41) is 9.86. The molecule has 3 heterocycles. The Labute approximate surface area is 110 Å². The second-order valence-electron chi connectivity index (χ2n) is 4.32. The first-order valence-corrected chi connectivity index (χ1v) is 5.81. The van der Waals surface area contributed by atoms with Crippen LogP contribution in [0.5, 0.6) is 5.75 Å². The van der Waals surface area contributed by atoms with Crippen LogP contribution in [0.25, 0.3) is 23.0 Å². The molecule has 3 rings (SSSR count). The second kappa shape index (κ2) is 4.24. The van der Waals surface area contributed by atoms with Crippen molar-refractivity contribution >= 4 is 0 Å². The summed E-state index contributed by atoms with van der Waals surface area (Å²) in [7, 11) is 3.77. The van der Waals surface area contributed by atoms with E-state index in [1.165, 1.54) is 0 Å². The standard InChI is InChI=1S/C13H13N5O/c1-17-5-3-14-12(17)10-7-9(19)8-11(16-10)13-15-4-6-18(13)2/h3-8H,1-2H3,(H,16,19). The minimum Gasteiger partial charge on any atom is -0.508 e. The van der Waals surface area contributed by atoms with Gasteiger partial charge in [0.05, 0.1) is 0 Å². The van der Waals surface area contributed by atoms with Crippen LogP contribution < -0.4 is 0 Å². The molecule has 6 heteroatoms. The molecule has 0 saturated heterocycles. The van der Waals surface area contributed by atoms with Gasteiger partial charge in [0.1, 0.15) is 17.1 Å². The maximum absolute atomic E-state index is 9.86. The predicted molar refractivity (Wildman–Crippen MR) is 70.3 cm³/mol. The van der Waals surface area contributed by atoms with E-state index >= 15 is 0 Å². The molecule has 0 aliphatic heterocycles. The van der Waals surface area contributed by atoms with Crippen LogP contribution in [0, 0.1) is 0 Å². The van der Waals surface area contributed by atoms with Crippen molar-refractivity contribution in [3.8, 4) is 28.8 Å². The third-order valence-electron chi connectivity index (χ3n) is 2.91. The van der Waals surface area contributed by atoms with Gasteiger partial charge in [-0.15, -0.1) is 0 Å². The molecule has 19 heavy (non-hydrogen) atoms. The highest BCUT2D eigenvalue weighted by atomic mass is 16.3. The highest BCUT2D eigenvalue weighted by Gasteiger charge is 2.12. The number of aromatic nitrogens is 5. The summed E-state index contributed by atoms with van der Waals surface area (Å²) in [5.41, 5.74) is 1.23. The monoisotopic (exact) mass is 255 g/mol. The first kappa shape index (κ1) is 11.5. The predicted octanol–water partition coefficient (Wildman–Crippen LogP) is 1.59. The number of aromatic hydroxyl groups is 1. The number of nitrogens with zero attached hydrogens (tertiary/aromatic N) is 5. The van der Waals surface area contributed by atoms with E-state index in [2.05, 4.69) is 15.0 Å². The van der Waals surface area contributed by atoms with Gasteiger partial charge >= 0.3 is 0 Å². The van der Waals surface area contributed by atoms with Crippen LogP contribution in [-0.2, 0) is 14.1 Å². The van der Waals surface area contributed by atoms with E-state index in [9.17, 15) is 5.11 Å². The molecule has 96 valence electrons. The maximum atomic E-state index is 9.86. The number of rotatable bonds is 2. The maximum Gasteiger partial charge on any atom is 0.158 e. The number of imidazole rings is 2. The lowest BCUT2D eigenvalue weighted by molar-refractivity contribution is 0.475. The molecule has 3 aromatic heterocycles. The highest BCUT2D eigenvalue weighted by molar-refractivity contribution is 5.61. The van der Waals surface area contributed by atoms with Crippen molar-refractivity contribution in [1.82, 2.24) is 24.1 Å². The van der Waals surface area contributed by atoms with Crippen molar-refractivity contribution in [3.05, 3.63) is 36.9 Å². The van der Waals surface area contributed by atoms with E-state index < -0.39 is 0 Å². The van der Waals surface area contributed by atoms with Gasteiger partial charge in [0.25, 0.3) is 0 Å². The van der Waals surface area contributed by atoms with Gasteiger partial charge in [0.2, 0.25) is 0 Å². The number of hydrogen-bond donors (Lipinski definition) is 1.